The number of aromatic nitrogens is 3. The van der Waals surface area contributed by atoms with E-state index < -0.39 is 0 Å². The number of para-hydroxylation sites is 1. The van der Waals surface area contributed by atoms with E-state index in [1.54, 1.807) is 23.3 Å². The second-order valence-corrected chi connectivity index (χ2v) is 9.62. The number of amides is 1. The van der Waals surface area contributed by atoms with Gasteiger partial charge < -0.3 is 9.26 Å². The van der Waals surface area contributed by atoms with Gasteiger partial charge in [0.05, 0.1) is 50.6 Å². The van der Waals surface area contributed by atoms with Crippen LogP contribution in [0, 0.1) is 13.8 Å². The Labute approximate surface area is 192 Å². The molecular formula is C23H20N4O3S2. The molecule has 0 fully saturated rings. The molecule has 0 aliphatic carbocycles. The summed E-state index contributed by atoms with van der Waals surface area (Å²) in [6.45, 7) is 4.61. The Bertz CT molecular complexity index is 1400. The smallest absolute Gasteiger partial charge is 0.261 e. The molecule has 0 aliphatic rings. The summed E-state index contributed by atoms with van der Waals surface area (Å²) in [5.74, 6) is -0.186. The van der Waals surface area contributed by atoms with Crippen LogP contribution >= 0.6 is 22.7 Å². The predicted octanol–water partition coefficient (Wildman–Crippen LogP) is 5.47. The fourth-order valence-electron chi connectivity index (χ4n) is 3.55. The third-order valence-corrected chi connectivity index (χ3v) is 7.20. The number of methoxy groups -OCH3 is 1. The first-order valence-electron chi connectivity index (χ1n) is 10.1. The van der Waals surface area contributed by atoms with Gasteiger partial charge in [0.15, 0.2) is 5.13 Å². The summed E-state index contributed by atoms with van der Waals surface area (Å²) in [6, 6.07) is 13.7. The highest BCUT2D eigenvalue weighted by atomic mass is 32.1. The predicted molar refractivity (Wildman–Crippen MR) is 128 cm³/mol. The third-order valence-electron chi connectivity index (χ3n) is 5.12. The van der Waals surface area contributed by atoms with E-state index in [1.807, 2.05) is 56.3 Å². The normalized spacial score (nSPS) is 11.5. The molecule has 1 amide bonds. The Hall–Kier alpha value is -3.14. The van der Waals surface area contributed by atoms with Crippen LogP contribution in [-0.4, -0.2) is 41.3 Å². The molecule has 0 saturated carbocycles. The molecule has 32 heavy (non-hydrogen) atoms. The monoisotopic (exact) mass is 464 g/mol. The lowest BCUT2D eigenvalue weighted by Crippen LogP contribution is -2.34. The molecule has 0 saturated heterocycles. The van der Waals surface area contributed by atoms with E-state index in [0.717, 1.165) is 15.1 Å². The van der Waals surface area contributed by atoms with Gasteiger partial charge in [0, 0.05) is 12.0 Å². The van der Waals surface area contributed by atoms with Gasteiger partial charge in [-0.05, 0) is 44.2 Å². The van der Waals surface area contributed by atoms with Crippen LogP contribution in [0.4, 0.5) is 5.13 Å². The van der Waals surface area contributed by atoms with Crippen LogP contribution in [0.3, 0.4) is 0 Å². The van der Waals surface area contributed by atoms with Crippen molar-refractivity contribution in [1.82, 2.24) is 15.1 Å². The molecule has 5 rings (SSSR count). The van der Waals surface area contributed by atoms with Gasteiger partial charge in [0.25, 0.3) is 11.6 Å². The molecule has 9 heteroatoms. The number of hydrogen-bond donors (Lipinski definition) is 0. The van der Waals surface area contributed by atoms with E-state index in [-0.39, 0.29) is 5.91 Å². The molecule has 1 aromatic carbocycles. The quantitative estimate of drug-likeness (QED) is 0.331. The summed E-state index contributed by atoms with van der Waals surface area (Å²) in [6.07, 6.45) is 0. The highest BCUT2D eigenvalue weighted by Gasteiger charge is 2.26. The molecule has 0 unspecified atom stereocenters. The topological polar surface area (TPSA) is 81.4 Å². The van der Waals surface area contributed by atoms with Crippen LogP contribution in [-0.2, 0) is 4.74 Å². The van der Waals surface area contributed by atoms with Gasteiger partial charge in [0.1, 0.15) is 0 Å². The molecule has 0 N–H and O–H groups in total. The highest BCUT2D eigenvalue weighted by Crippen LogP contribution is 2.34. The van der Waals surface area contributed by atoms with Gasteiger partial charge in [-0.25, -0.2) is 9.97 Å². The summed E-state index contributed by atoms with van der Waals surface area (Å²) < 4.78 is 11.8. The van der Waals surface area contributed by atoms with Crippen LogP contribution < -0.4 is 4.90 Å². The number of carbonyl (C=O) groups is 1. The van der Waals surface area contributed by atoms with E-state index in [4.69, 9.17) is 14.2 Å². The maximum absolute atomic E-state index is 13.9. The van der Waals surface area contributed by atoms with Crippen molar-refractivity contribution in [2.24, 2.45) is 0 Å². The number of pyridine rings is 1. The lowest BCUT2D eigenvalue weighted by Gasteiger charge is -2.20. The van der Waals surface area contributed by atoms with Crippen molar-refractivity contribution in [1.29, 1.82) is 0 Å². The molecule has 162 valence electrons. The summed E-state index contributed by atoms with van der Waals surface area (Å²) in [7, 11) is 1.62. The maximum Gasteiger partial charge on any atom is 0.261 e. The number of thiazole rings is 1. The fraction of sp³-hybridized carbons (Fsp3) is 0.217. The minimum absolute atomic E-state index is 0.186. The van der Waals surface area contributed by atoms with Gasteiger partial charge >= 0.3 is 0 Å². The number of rotatable bonds is 6. The Morgan fingerprint density at radius 3 is 2.72 bits per heavy atom. The standard InChI is InChI=1S/C23H20N4O3S2/c1-13-8-9-19(31-13)17-12-15(20-14(2)26-30-21(20)24-17)22(28)27(10-11-29-3)23-25-16-6-4-5-7-18(16)32-23/h4-9,12H,10-11H2,1-3H3. The van der Waals surface area contributed by atoms with Gasteiger partial charge in [0.2, 0.25) is 0 Å². The number of aryl methyl sites for hydroxylation is 2. The van der Waals surface area contributed by atoms with Gasteiger partial charge in [-0.2, -0.15) is 0 Å². The minimum Gasteiger partial charge on any atom is -0.383 e. The van der Waals surface area contributed by atoms with E-state index in [1.165, 1.54) is 16.2 Å². The first-order valence-corrected chi connectivity index (χ1v) is 11.7. The largest absolute Gasteiger partial charge is 0.383 e. The van der Waals surface area contributed by atoms with Crippen LogP contribution in [0.5, 0.6) is 0 Å². The molecule has 0 bridgehead atoms. The number of thiophene rings is 1. The molecule has 7 nitrogen and oxygen atoms in total. The van der Waals surface area contributed by atoms with Crippen LogP contribution in [0.25, 0.3) is 31.9 Å². The highest BCUT2D eigenvalue weighted by molar-refractivity contribution is 7.22. The summed E-state index contributed by atoms with van der Waals surface area (Å²) in [4.78, 5) is 27.1. The average Bonchev–Trinajstić information content (AvgIpc) is 3.51. The first kappa shape index (κ1) is 20.7. The number of ether oxygens (including phenoxy) is 1. The van der Waals surface area contributed by atoms with Crippen molar-refractivity contribution in [2.75, 3.05) is 25.2 Å². The van der Waals surface area contributed by atoms with Crippen LogP contribution in [0.15, 0.2) is 47.0 Å². The van der Waals surface area contributed by atoms with Crippen molar-refractivity contribution in [3.63, 3.8) is 0 Å². The first-order chi connectivity index (χ1) is 15.5. The van der Waals surface area contributed by atoms with Gasteiger partial charge in [-0.15, -0.1) is 11.3 Å². The van der Waals surface area contributed by atoms with Crippen LogP contribution in [0.1, 0.15) is 20.9 Å². The van der Waals surface area contributed by atoms with Crippen LogP contribution in [0.2, 0.25) is 0 Å². The maximum atomic E-state index is 13.9. The number of nitrogens with zero attached hydrogens (tertiary/aromatic N) is 4. The Kier molecular flexibility index (Phi) is 5.46. The number of hydrogen-bond acceptors (Lipinski definition) is 8. The Morgan fingerprint density at radius 2 is 1.97 bits per heavy atom. The van der Waals surface area contributed by atoms with E-state index in [2.05, 4.69) is 10.1 Å². The number of benzene rings is 1. The third kappa shape index (κ3) is 3.68. The Balaban J connectivity index is 1.65. The van der Waals surface area contributed by atoms with Gasteiger partial charge in [-0.3, -0.25) is 9.69 Å². The summed E-state index contributed by atoms with van der Waals surface area (Å²) >= 11 is 3.10. The molecule has 4 heterocycles. The number of anilines is 1. The van der Waals surface area contributed by atoms with Crippen molar-refractivity contribution >= 4 is 55.0 Å². The number of carbonyl (C=O) groups excluding carboxylic acids is 1. The summed E-state index contributed by atoms with van der Waals surface area (Å²) in [5, 5.41) is 5.31. The van der Waals surface area contributed by atoms with Crippen molar-refractivity contribution in [2.45, 2.75) is 13.8 Å². The lowest BCUT2D eigenvalue weighted by molar-refractivity contribution is 0.0977. The summed E-state index contributed by atoms with van der Waals surface area (Å²) in [5.41, 5.74) is 3.01. The molecule has 0 radical (unpaired) electrons. The number of fused-ring (bicyclic) bond motifs is 2. The Morgan fingerprint density at radius 1 is 1.12 bits per heavy atom. The lowest BCUT2D eigenvalue weighted by atomic mass is 10.1. The second-order valence-electron chi connectivity index (χ2n) is 7.33. The minimum atomic E-state index is -0.186. The zero-order valence-electron chi connectivity index (χ0n) is 17.8. The zero-order chi connectivity index (χ0) is 22.2. The molecule has 0 aliphatic heterocycles. The molecule has 4 aromatic heterocycles. The SMILES string of the molecule is COCCN(C(=O)c1cc(-c2ccc(C)s2)nc2onc(C)c12)c1nc2ccccc2s1. The molecule has 0 atom stereocenters. The van der Waals surface area contributed by atoms with Gasteiger partial charge in [-0.1, -0.05) is 28.6 Å². The molecule has 0 spiro atoms. The molecule has 5 aromatic rings. The van der Waals surface area contributed by atoms with E-state index in [9.17, 15) is 4.79 Å². The molecular weight excluding hydrogens is 444 g/mol. The zero-order valence-corrected chi connectivity index (χ0v) is 19.4. The van der Waals surface area contributed by atoms with Crippen molar-refractivity contribution in [3.05, 3.63) is 58.6 Å². The van der Waals surface area contributed by atoms with E-state index in [0.29, 0.717) is 46.3 Å². The van der Waals surface area contributed by atoms with E-state index >= 15 is 0 Å². The average molecular weight is 465 g/mol. The van der Waals surface area contributed by atoms with Crippen molar-refractivity contribution < 1.29 is 14.1 Å². The van der Waals surface area contributed by atoms with Crippen molar-refractivity contribution in [3.8, 4) is 10.6 Å². The fourth-order valence-corrected chi connectivity index (χ4v) is 5.37. The second kappa shape index (κ2) is 8.42.